The van der Waals surface area contributed by atoms with Crippen LogP contribution >= 0.6 is 0 Å². The lowest BCUT2D eigenvalue weighted by Gasteiger charge is -2.22. The van der Waals surface area contributed by atoms with Crippen LogP contribution in [-0.4, -0.2) is 60.9 Å². The van der Waals surface area contributed by atoms with E-state index in [0.717, 1.165) is 11.4 Å². The highest BCUT2D eigenvalue weighted by Gasteiger charge is 2.33. The van der Waals surface area contributed by atoms with Gasteiger partial charge in [0.25, 0.3) is 5.91 Å². The minimum Gasteiger partial charge on any atom is -0.497 e. The fourth-order valence-corrected chi connectivity index (χ4v) is 4.53. The molecule has 1 aromatic carbocycles. The van der Waals surface area contributed by atoms with E-state index in [2.05, 4.69) is 15.3 Å². The predicted molar refractivity (Wildman–Crippen MR) is 97.5 cm³/mol. The summed E-state index contributed by atoms with van der Waals surface area (Å²) in [6, 6.07) is 7.00. The van der Waals surface area contributed by atoms with E-state index in [-0.39, 0.29) is 29.1 Å². The van der Waals surface area contributed by atoms with Crippen molar-refractivity contribution < 1.29 is 17.9 Å². The molecule has 138 valence electrons. The van der Waals surface area contributed by atoms with Crippen LogP contribution in [0.25, 0.3) is 0 Å². The molecule has 0 saturated carbocycles. The van der Waals surface area contributed by atoms with Crippen molar-refractivity contribution in [3.8, 4) is 5.75 Å². The number of amides is 1. The SMILES string of the molecule is COc1ccc(Nc2cnc(C(=O)N(C)C3CCS(=O)(=O)C3)cn2)cc1. The summed E-state index contributed by atoms with van der Waals surface area (Å²) in [6.07, 6.45) is 3.31. The van der Waals surface area contributed by atoms with E-state index < -0.39 is 9.84 Å². The fraction of sp³-hybridized carbons (Fsp3) is 0.353. The van der Waals surface area contributed by atoms with Crippen LogP contribution in [0.4, 0.5) is 11.5 Å². The van der Waals surface area contributed by atoms with Gasteiger partial charge in [-0.25, -0.2) is 18.4 Å². The minimum atomic E-state index is -3.05. The third-order valence-corrected chi connectivity index (χ3v) is 6.06. The molecule has 26 heavy (non-hydrogen) atoms. The summed E-state index contributed by atoms with van der Waals surface area (Å²) in [6.45, 7) is 0. The molecule has 8 nitrogen and oxygen atoms in total. The molecule has 1 fully saturated rings. The molecular weight excluding hydrogens is 356 g/mol. The second-order valence-corrected chi connectivity index (χ2v) is 8.34. The van der Waals surface area contributed by atoms with Gasteiger partial charge in [-0.1, -0.05) is 0 Å². The summed E-state index contributed by atoms with van der Waals surface area (Å²) in [7, 11) is 0.144. The third kappa shape index (κ3) is 4.10. The van der Waals surface area contributed by atoms with E-state index in [1.807, 2.05) is 24.3 Å². The topological polar surface area (TPSA) is 101 Å². The Bertz CT molecular complexity index is 882. The molecule has 3 rings (SSSR count). The van der Waals surface area contributed by atoms with Crippen molar-refractivity contribution in [3.05, 3.63) is 42.4 Å². The van der Waals surface area contributed by atoms with Gasteiger partial charge < -0.3 is 15.0 Å². The Balaban J connectivity index is 1.65. The van der Waals surface area contributed by atoms with Crippen molar-refractivity contribution in [2.75, 3.05) is 31.0 Å². The van der Waals surface area contributed by atoms with Crippen molar-refractivity contribution in [3.63, 3.8) is 0 Å². The maximum Gasteiger partial charge on any atom is 0.274 e. The summed E-state index contributed by atoms with van der Waals surface area (Å²) in [5.74, 6) is 1.03. The highest BCUT2D eigenvalue weighted by Crippen LogP contribution is 2.20. The first-order chi connectivity index (χ1) is 12.4. The van der Waals surface area contributed by atoms with Crippen molar-refractivity contribution >= 4 is 27.2 Å². The summed E-state index contributed by atoms with van der Waals surface area (Å²) < 4.78 is 28.3. The highest BCUT2D eigenvalue weighted by molar-refractivity contribution is 7.91. The van der Waals surface area contributed by atoms with Crippen LogP contribution < -0.4 is 10.1 Å². The Morgan fingerprint density at radius 1 is 1.23 bits per heavy atom. The van der Waals surface area contributed by atoms with Gasteiger partial charge in [0.1, 0.15) is 17.3 Å². The second-order valence-electron chi connectivity index (χ2n) is 6.11. The molecule has 1 aromatic heterocycles. The number of ether oxygens (including phenoxy) is 1. The number of sulfone groups is 1. The van der Waals surface area contributed by atoms with Crippen LogP contribution in [0.1, 0.15) is 16.9 Å². The van der Waals surface area contributed by atoms with Gasteiger partial charge in [0.2, 0.25) is 0 Å². The molecule has 0 bridgehead atoms. The number of carbonyl (C=O) groups excluding carboxylic acids is 1. The lowest BCUT2D eigenvalue weighted by molar-refractivity contribution is 0.0741. The van der Waals surface area contributed by atoms with Gasteiger partial charge in [-0.05, 0) is 30.7 Å². The van der Waals surface area contributed by atoms with Crippen LogP contribution in [0.5, 0.6) is 5.75 Å². The zero-order chi connectivity index (χ0) is 18.7. The Morgan fingerprint density at radius 3 is 2.50 bits per heavy atom. The van der Waals surface area contributed by atoms with Gasteiger partial charge in [-0.3, -0.25) is 4.79 Å². The maximum atomic E-state index is 12.5. The Morgan fingerprint density at radius 2 is 1.96 bits per heavy atom. The highest BCUT2D eigenvalue weighted by atomic mass is 32.2. The van der Waals surface area contributed by atoms with E-state index in [4.69, 9.17) is 4.74 Å². The van der Waals surface area contributed by atoms with Crippen LogP contribution in [-0.2, 0) is 9.84 Å². The van der Waals surface area contributed by atoms with Crippen LogP contribution in [0, 0.1) is 0 Å². The summed E-state index contributed by atoms with van der Waals surface area (Å²) >= 11 is 0. The number of methoxy groups -OCH3 is 1. The van der Waals surface area contributed by atoms with E-state index in [9.17, 15) is 13.2 Å². The standard InChI is InChI=1S/C17H20N4O4S/c1-21(13-7-8-26(23,24)11-13)17(22)15-9-19-16(10-18-15)20-12-3-5-14(25-2)6-4-12/h3-6,9-10,13H,7-8,11H2,1-2H3,(H,19,20). The number of benzene rings is 1. The summed E-state index contributed by atoms with van der Waals surface area (Å²) in [5.41, 5.74) is 0.990. The lowest BCUT2D eigenvalue weighted by atomic mass is 10.2. The van der Waals surface area contributed by atoms with Crippen LogP contribution in [0.2, 0.25) is 0 Å². The van der Waals surface area contributed by atoms with Crippen molar-refractivity contribution in [1.82, 2.24) is 14.9 Å². The van der Waals surface area contributed by atoms with Crippen molar-refractivity contribution in [2.24, 2.45) is 0 Å². The molecule has 0 aliphatic carbocycles. The molecule has 1 aliphatic rings. The van der Waals surface area contributed by atoms with Gasteiger partial charge in [0.15, 0.2) is 9.84 Å². The number of rotatable bonds is 5. The predicted octanol–water partition coefficient (Wildman–Crippen LogP) is 1.49. The second kappa shape index (κ2) is 7.28. The lowest BCUT2D eigenvalue weighted by Crippen LogP contribution is -2.38. The largest absolute Gasteiger partial charge is 0.497 e. The summed E-state index contributed by atoms with van der Waals surface area (Å²) in [5, 5.41) is 3.08. The number of aromatic nitrogens is 2. The quantitative estimate of drug-likeness (QED) is 0.843. The van der Waals surface area contributed by atoms with Crippen LogP contribution in [0.3, 0.4) is 0 Å². The molecule has 2 heterocycles. The average Bonchev–Trinajstić information content (AvgIpc) is 3.01. The van der Waals surface area contributed by atoms with Gasteiger partial charge in [0.05, 0.1) is 31.0 Å². The Labute approximate surface area is 152 Å². The Hall–Kier alpha value is -2.68. The zero-order valence-corrected chi connectivity index (χ0v) is 15.4. The summed E-state index contributed by atoms with van der Waals surface area (Å²) in [4.78, 5) is 22.3. The fourth-order valence-electron chi connectivity index (χ4n) is 2.75. The molecule has 1 unspecified atom stereocenters. The molecular formula is C17H20N4O4S. The minimum absolute atomic E-state index is 0.000221. The van der Waals surface area contributed by atoms with Crippen molar-refractivity contribution in [1.29, 1.82) is 0 Å². The van der Waals surface area contributed by atoms with Crippen molar-refractivity contribution in [2.45, 2.75) is 12.5 Å². The number of carbonyl (C=O) groups is 1. The average molecular weight is 376 g/mol. The molecule has 0 radical (unpaired) electrons. The van der Waals surface area contributed by atoms with Crippen LogP contribution in [0.15, 0.2) is 36.7 Å². The van der Waals surface area contributed by atoms with E-state index in [0.29, 0.717) is 12.2 Å². The number of nitrogens with zero attached hydrogens (tertiary/aromatic N) is 3. The molecule has 0 spiro atoms. The number of hydrogen-bond acceptors (Lipinski definition) is 7. The van der Waals surface area contributed by atoms with Gasteiger partial charge in [0, 0.05) is 18.8 Å². The Kier molecular flexibility index (Phi) is 5.08. The molecule has 1 N–H and O–H groups in total. The molecule has 1 atom stereocenters. The molecule has 1 aliphatic heterocycles. The number of hydrogen-bond donors (Lipinski definition) is 1. The number of nitrogens with one attached hydrogen (secondary N) is 1. The van der Waals surface area contributed by atoms with Gasteiger partial charge in [-0.2, -0.15) is 0 Å². The third-order valence-electron chi connectivity index (χ3n) is 4.31. The van der Waals surface area contributed by atoms with E-state index in [1.165, 1.54) is 17.3 Å². The normalized spacial score (nSPS) is 18.3. The molecule has 9 heteroatoms. The maximum absolute atomic E-state index is 12.5. The first-order valence-electron chi connectivity index (χ1n) is 8.09. The van der Waals surface area contributed by atoms with E-state index >= 15 is 0 Å². The first-order valence-corrected chi connectivity index (χ1v) is 9.91. The smallest absolute Gasteiger partial charge is 0.274 e. The van der Waals surface area contributed by atoms with Gasteiger partial charge >= 0.3 is 0 Å². The monoisotopic (exact) mass is 376 g/mol. The first kappa shape index (κ1) is 18.1. The number of anilines is 2. The zero-order valence-electron chi connectivity index (χ0n) is 14.5. The molecule has 2 aromatic rings. The molecule has 1 amide bonds. The van der Waals surface area contributed by atoms with E-state index in [1.54, 1.807) is 14.2 Å². The molecule has 1 saturated heterocycles. The van der Waals surface area contributed by atoms with Gasteiger partial charge in [-0.15, -0.1) is 0 Å².